The second-order valence-electron chi connectivity index (χ2n) is 5.32. The van der Waals surface area contributed by atoms with Crippen LogP contribution in [0, 0.1) is 22.7 Å². The minimum atomic E-state index is -0.0746. The average Bonchev–Trinajstić information content (AvgIpc) is 2.66. The normalized spacial score (nSPS) is 10.2. The van der Waals surface area contributed by atoms with E-state index in [1.165, 1.54) is 22.3 Å². The van der Waals surface area contributed by atoms with E-state index in [1.54, 1.807) is 12.1 Å². The molecule has 0 fully saturated rings. The first-order valence-corrected chi connectivity index (χ1v) is 8.87. The first-order chi connectivity index (χ1) is 12.5. The molecular weight excluding hydrogens is 410 g/mol. The van der Waals surface area contributed by atoms with Gasteiger partial charge in [0, 0.05) is 0 Å². The molecule has 26 heavy (non-hydrogen) atoms. The predicted molar refractivity (Wildman–Crippen MR) is 107 cm³/mol. The third kappa shape index (κ3) is 3.03. The summed E-state index contributed by atoms with van der Waals surface area (Å²) in [4.78, 5) is 0. The summed E-state index contributed by atoms with van der Waals surface area (Å²) in [6.45, 7) is 0. The quantitative estimate of drug-likeness (QED) is 0.221. The van der Waals surface area contributed by atoms with Crippen LogP contribution in [0.5, 0.6) is 0 Å². The van der Waals surface area contributed by atoms with E-state index in [2.05, 4.69) is 48.5 Å². The number of nitriles is 2. The second kappa shape index (κ2) is 7.58. The van der Waals surface area contributed by atoms with Crippen molar-refractivity contribution in [3.8, 4) is 34.4 Å². The van der Waals surface area contributed by atoms with Crippen molar-refractivity contribution in [2.75, 3.05) is 0 Å². The summed E-state index contributed by atoms with van der Waals surface area (Å²) in [6.07, 6.45) is 0. The van der Waals surface area contributed by atoms with Crippen molar-refractivity contribution in [2.45, 2.75) is 0 Å². The molecule has 4 rings (SSSR count). The number of hydrogen-bond acceptors (Lipinski definition) is 2. The van der Waals surface area contributed by atoms with Crippen LogP contribution >= 0.6 is 46.4 Å². The summed E-state index contributed by atoms with van der Waals surface area (Å²) < 4.78 is 0. The number of fused-ring (bicyclic) bond motifs is 4. The molecule has 0 amide bonds. The van der Waals surface area contributed by atoms with Crippen LogP contribution in [0.4, 0.5) is 0 Å². The zero-order valence-electron chi connectivity index (χ0n) is 13.0. The van der Waals surface area contributed by atoms with Gasteiger partial charge in [-0.1, -0.05) is 94.9 Å². The molecule has 0 bridgehead atoms. The van der Waals surface area contributed by atoms with Gasteiger partial charge < -0.3 is 0 Å². The lowest BCUT2D eigenvalue weighted by atomic mass is 9.81. The Hall–Kier alpha value is -2.20. The van der Waals surface area contributed by atoms with E-state index in [1.807, 2.05) is 0 Å². The minimum absolute atomic E-state index is 0.0363. The minimum Gasteiger partial charge on any atom is -0.192 e. The van der Waals surface area contributed by atoms with Gasteiger partial charge in [-0.2, -0.15) is 10.5 Å². The summed E-state index contributed by atoms with van der Waals surface area (Å²) in [5, 5.41) is 17.2. The average molecular weight is 418 g/mol. The Labute approximate surface area is 170 Å². The highest BCUT2D eigenvalue weighted by Gasteiger charge is 2.20. The molecule has 3 aromatic rings. The Morgan fingerprint density at radius 3 is 1.08 bits per heavy atom. The Morgan fingerprint density at radius 2 is 0.808 bits per heavy atom. The molecule has 0 saturated carbocycles. The van der Waals surface area contributed by atoms with Gasteiger partial charge >= 0.3 is 0 Å². The molecule has 0 saturated heterocycles. The fraction of sp³-hybridized carbons (Fsp3) is 0. The van der Waals surface area contributed by atoms with Crippen LogP contribution < -0.4 is 0 Å². The van der Waals surface area contributed by atoms with E-state index < -0.39 is 0 Å². The Balaban J connectivity index is 0.000000152. The van der Waals surface area contributed by atoms with Crippen LogP contribution in [0.1, 0.15) is 11.1 Å². The van der Waals surface area contributed by atoms with Crippen LogP contribution in [0.2, 0.25) is 20.1 Å². The maximum absolute atomic E-state index is 8.70. The number of rotatable bonds is 0. The molecule has 0 unspecified atom stereocenters. The van der Waals surface area contributed by atoms with Crippen LogP contribution in [0.3, 0.4) is 0 Å². The van der Waals surface area contributed by atoms with Crippen molar-refractivity contribution in [3.63, 3.8) is 0 Å². The zero-order valence-corrected chi connectivity index (χ0v) is 16.0. The lowest BCUT2D eigenvalue weighted by Gasteiger charge is -2.22. The van der Waals surface area contributed by atoms with Crippen LogP contribution in [-0.4, -0.2) is 0 Å². The van der Waals surface area contributed by atoms with Gasteiger partial charge in [0.25, 0.3) is 0 Å². The molecule has 3 aromatic carbocycles. The SMILES string of the molecule is N#Cc1c(Cl)c(Cl)c(Cl)c(C#N)c1Cl.c1ccc2c(c1)-c1ccccc1-2. The molecule has 0 atom stereocenters. The van der Waals surface area contributed by atoms with E-state index >= 15 is 0 Å². The van der Waals surface area contributed by atoms with Crippen molar-refractivity contribution in [2.24, 2.45) is 0 Å². The molecule has 0 N–H and O–H groups in total. The van der Waals surface area contributed by atoms with Crippen molar-refractivity contribution < 1.29 is 0 Å². The summed E-state index contributed by atoms with van der Waals surface area (Å²) in [5.41, 5.74) is 5.50. The Bertz CT molecular complexity index is 967. The molecule has 2 nitrogen and oxygen atoms in total. The number of halogens is 4. The molecule has 0 aromatic heterocycles. The molecule has 126 valence electrons. The van der Waals surface area contributed by atoms with Crippen molar-refractivity contribution in [3.05, 3.63) is 79.7 Å². The van der Waals surface area contributed by atoms with Gasteiger partial charge in [-0.05, 0) is 22.3 Å². The van der Waals surface area contributed by atoms with E-state index in [-0.39, 0.29) is 31.2 Å². The van der Waals surface area contributed by atoms with Gasteiger partial charge in [-0.3, -0.25) is 0 Å². The molecule has 1 aliphatic carbocycles. The van der Waals surface area contributed by atoms with Crippen LogP contribution in [-0.2, 0) is 0 Å². The van der Waals surface area contributed by atoms with Crippen molar-refractivity contribution in [1.29, 1.82) is 10.5 Å². The summed E-state index contributed by atoms with van der Waals surface area (Å²) in [6, 6.07) is 20.6. The highest BCUT2D eigenvalue weighted by Crippen LogP contribution is 2.46. The summed E-state index contributed by atoms with van der Waals surface area (Å²) >= 11 is 22.8. The molecule has 1 aliphatic rings. The third-order valence-electron chi connectivity index (χ3n) is 3.92. The molecule has 0 heterocycles. The van der Waals surface area contributed by atoms with Gasteiger partial charge in [0.15, 0.2) is 0 Å². The molecule has 0 radical (unpaired) electrons. The largest absolute Gasteiger partial charge is 0.192 e. The van der Waals surface area contributed by atoms with E-state index in [4.69, 9.17) is 56.9 Å². The monoisotopic (exact) mass is 416 g/mol. The fourth-order valence-corrected chi connectivity index (χ4v) is 3.74. The number of benzene rings is 3. The number of nitrogens with zero attached hydrogens (tertiary/aromatic N) is 2. The Morgan fingerprint density at radius 1 is 0.500 bits per heavy atom. The predicted octanol–water partition coefficient (Wildman–Crippen LogP) is 7.38. The smallest absolute Gasteiger partial charge is 0.102 e. The van der Waals surface area contributed by atoms with Gasteiger partial charge in [-0.15, -0.1) is 0 Å². The Kier molecular flexibility index (Phi) is 5.42. The van der Waals surface area contributed by atoms with Gasteiger partial charge in [0.05, 0.1) is 31.2 Å². The molecular formula is C20H8Cl4N2. The third-order valence-corrected chi connectivity index (χ3v) is 5.63. The first kappa shape index (κ1) is 18.6. The molecule has 0 aliphatic heterocycles. The maximum Gasteiger partial charge on any atom is 0.102 e. The first-order valence-electron chi connectivity index (χ1n) is 7.36. The van der Waals surface area contributed by atoms with Gasteiger partial charge in [0.1, 0.15) is 12.1 Å². The lowest BCUT2D eigenvalue weighted by Crippen LogP contribution is -1.96. The highest BCUT2D eigenvalue weighted by molar-refractivity contribution is 6.50. The van der Waals surface area contributed by atoms with Gasteiger partial charge in [-0.25, -0.2) is 0 Å². The molecule has 0 spiro atoms. The topological polar surface area (TPSA) is 47.6 Å². The second-order valence-corrected chi connectivity index (χ2v) is 6.83. The highest BCUT2D eigenvalue weighted by atomic mass is 35.5. The van der Waals surface area contributed by atoms with Crippen LogP contribution in [0.25, 0.3) is 22.3 Å². The van der Waals surface area contributed by atoms with E-state index in [0.717, 1.165) is 0 Å². The van der Waals surface area contributed by atoms with Crippen molar-refractivity contribution in [1.82, 2.24) is 0 Å². The van der Waals surface area contributed by atoms with Crippen molar-refractivity contribution >= 4 is 46.4 Å². The van der Waals surface area contributed by atoms with E-state index in [9.17, 15) is 0 Å². The summed E-state index contributed by atoms with van der Waals surface area (Å²) in [5.74, 6) is 0. The standard InChI is InChI=1S/C12H8.C8Cl4N2/c1-2-6-10-9(5-1)11-7-3-4-8-12(10)11;9-5-3(1-13)6(10)8(12)7(11)4(5)2-14/h1-8H;. The van der Waals surface area contributed by atoms with Crippen LogP contribution in [0.15, 0.2) is 48.5 Å². The lowest BCUT2D eigenvalue weighted by molar-refractivity contribution is 1.45. The zero-order chi connectivity index (χ0) is 18.8. The van der Waals surface area contributed by atoms with Gasteiger partial charge in [0.2, 0.25) is 0 Å². The fourth-order valence-electron chi connectivity index (χ4n) is 2.67. The molecule has 6 heteroatoms. The maximum atomic E-state index is 8.70. The number of hydrogen-bond donors (Lipinski definition) is 0. The summed E-state index contributed by atoms with van der Waals surface area (Å²) in [7, 11) is 0. The van der Waals surface area contributed by atoms with E-state index in [0.29, 0.717) is 0 Å².